The fourth-order valence-electron chi connectivity index (χ4n) is 4.08. The molecule has 0 aromatic carbocycles. The minimum atomic E-state index is 0.129. The molecular formula is C18H32N6OS. The van der Waals surface area contributed by atoms with Crippen LogP contribution in [0, 0.1) is 18.3 Å². The van der Waals surface area contributed by atoms with Crippen molar-refractivity contribution in [1.29, 1.82) is 0 Å². The summed E-state index contributed by atoms with van der Waals surface area (Å²) in [5, 5.41) is 15.5. The third-order valence-corrected chi connectivity index (χ3v) is 6.47. The van der Waals surface area contributed by atoms with Gasteiger partial charge in [0.05, 0.1) is 6.10 Å². The molecule has 146 valence electrons. The van der Waals surface area contributed by atoms with Crippen LogP contribution in [0.4, 0.5) is 0 Å². The van der Waals surface area contributed by atoms with Crippen molar-refractivity contribution in [2.24, 2.45) is 23.4 Å². The number of aliphatic imine (C=N–C) groups is 1. The Bertz CT molecular complexity index is 644. The van der Waals surface area contributed by atoms with Crippen LogP contribution in [0.1, 0.15) is 38.3 Å². The molecule has 1 saturated carbocycles. The number of ether oxygens (including phenoxy) is 1. The number of aromatic nitrogens is 3. The van der Waals surface area contributed by atoms with Crippen molar-refractivity contribution in [1.82, 2.24) is 25.4 Å². The van der Waals surface area contributed by atoms with E-state index in [0.29, 0.717) is 24.6 Å². The SMILES string of the molecule is CSCCCNC(=NCc1nnc(C)n1C)NC1C2CCOC2C1(C)C. The highest BCUT2D eigenvalue weighted by atomic mass is 32.2. The third kappa shape index (κ3) is 3.86. The van der Waals surface area contributed by atoms with Crippen molar-refractivity contribution in [2.75, 3.05) is 25.2 Å². The number of aryl methyl sites for hydroxylation is 1. The van der Waals surface area contributed by atoms with Crippen molar-refractivity contribution in [2.45, 2.75) is 52.3 Å². The van der Waals surface area contributed by atoms with Crippen LogP contribution < -0.4 is 10.6 Å². The zero-order valence-electron chi connectivity index (χ0n) is 16.6. The normalized spacial score (nSPS) is 27.1. The number of nitrogens with zero attached hydrogens (tertiary/aromatic N) is 4. The average molecular weight is 381 g/mol. The molecule has 0 bridgehead atoms. The van der Waals surface area contributed by atoms with Crippen LogP contribution in [0.2, 0.25) is 0 Å². The summed E-state index contributed by atoms with van der Waals surface area (Å²) in [5.41, 5.74) is 0.129. The molecule has 2 heterocycles. The molecule has 26 heavy (non-hydrogen) atoms. The number of hydrogen-bond donors (Lipinski definition) is 2. The standard InChI is InChI=1S/C18H32N6OS/c1-12-22-23-14(24(12)4)11-20-17(19-8-6-10-26-5)21-15-13-7-9-25-16(13)18(15,2)3/h13,15-16H,6-11H2,1-5H3,(H2,19,20,21). The molecule has 2 fully saturated rings. The number of rotatable bonds is 7. The van der Waals surface area contributed by atoms with E-state index in [2.05, 4.69) is 40.9 Å². The van der Waals surface area contributed by atoms with Gasteiger partial charge in [0, 0.05) is 37.6 Å². The maximum Gasteiger partial charge on any atom is 0.191 e. The quantitative estimate of drug-likeness (QED) is 0.426. The Hall–Kier alpha value is -1.28. The van der Waals surface area contributed by atoms with E-state index in [1.54, 1.807) is 0 Å². The molecule has 1 aromatic rings. The van der Waals surface area contributed by atoms with Gasteiger partial charge in [0.25, 0.3) is 0 Å². The Morgan fingerprint density at radius 2 is 2.23 bits per heavy atom. The van der Waals surface area contributed by atoms with Crippen molar-refractivity contribution < 1.29 is 4.74 Å². The fourth-order valence-corrected chi connectivity index (χ4v) is 4.51. The first-order chi connectivity index (χ1) is 12.4. The third-order valence-electron chi connectivity index (χ3n) is 5.77. The smallest absolute Gasteiger partial charge is 0.191 e. The average Bonchev–Trinajstić information content (AvgIpc) is 3.20. The van der Waals surface area contributed by atoms with Gasteiger partial charge in [0.15, 0.2) is 11.8 Å². The molecule has 1 aliphatic heterocycles. The summed E-state index contributed by atoms with van der Waals surface area (Å²) in [6.45, 7) is 8.85. The van der Waals surface area contributed by atoms with E-state index >= 15 is 0 Å². The van der Waals surface area contributed by atoms with Gasteiger partial charge in [0.1, 0.15) is 12.4 Å². The lowest BCUT2D eigenvalue weighted by Crippen LogP contribution is -2.68. The summed E-state index contributed by atoms with van der Waals surface area (Å²) < 4.78 is 7.90. The van der Waals surface area contributed by atoms with Gasteiger partial charge in [-0.05, 0) is 31.8 Å². The van der Waals surface area contributed by atoms with E-state index in [1.807, 2.05) is 30.3 Å². The van der Waals surface area contributed by atoms with E-state index < -0.39 is 0 Å². The van der Waals surface area contributed by atoms with E-state index in [0.717, 1.165) is 49.4 Å². The van der Waals surface area contributed by atoms with Crippen molar-refractivity contribution in [3.63, 3.8) is 0 Å². The molecule has 1 saturated heterocycles. The Balaban J connectivity index is 1.66. The monoisotopic (exact) mass is 380 g/mol. The molecule has 0 radical (unpaired) electrons. The first-order valence-electron chi connectivity index (χ1n) is 9.45. The molecule has 3 unspecified atom stereocenters. The topological polar surface area (TPSA) is 76.4 Å². The molecule has 0 spiro atoms. The summed E-state index contributed by atoms with van der Waals surface area (Å²) in [7, 11) is 1.98. The van der Waals surface area contributed by atoms with Crippen LogP contribution in [0.5, 0.6) is 0 Å². The molecule has 1 aliphatic carbocycles. The Labute approximate surface area is 160 Å². The maximum absolute atomic E-state index is 5.92. The fraction of sp³-hybridized carbons (Fsp3) is 0.833. The van der Waals surface area contributed by atoms with Gasteiger partial charge >= 0.3 is 0 Å². The van der Waals surface area contributed by atoms with E-state index in [-0.39, 0.29) is 5.41 Å². The van der Waals surface area contributed by atoms with Gasteiger partial charge in [-0.15, -0.1) is 10.2 Å². The van der Waals surface area contributed by atoms with Crippen LogP contribution in [0.15, 0.2) is 4.99 Å². The highest BCUT2D eigenvalue weighted by Crippen LogP contribution is 2.52. The largest absolute Gasteiger partial charge is 0.377 e. The predicted molar refractivity (Wildman–Crippen MR) is 106 cm³/mol. The molecule has 0 amide bonds. The summed E-state index contributed by atoms with van der Waals surface area (Å²) in [4.78, 5) is 4.79. The van der Waals surface area contributed by atoms with Gasteiger partial charge in [0.2, 0.25) is 0 Å². The Morgan fingerprint density at radius 1 is 1.42 bits per heavy atom. The van der Waals surface area contributed by atoms with E-state index in [9.17, 15) is 0 Å². The molecular weight excluding hydrogens is 348 g/mol. The number of hydrogen-bond acceptors (Lipinski definition) is 5. The van der Waals surface area contributed by atoms with Crippen LogP contribution in [-0.4, -0.2) is 58.0 Å². The number of thioether (sulfide) groups is 1. The summed E-state index contributed by atoms with van der Waals surface area (Å²) >= 11 is 1.87. The second-order valence-electron chi connectivity index (χ2n) is 7.85. The van der Waals surface area contributed by atoms with Crippen molar-refractivity contribution in [3.8, 4) is 0 Å². The van der Waals surface area contributed by atoms with Crippen molar-refractivity contribution >= 4 is 17.7 Å². The predicted octanol–water partition coefficient (Wildman–Crippen LogP) is 1.73. The van der Waals surface area contributed by atoms with E-state index in [4.69, 9.17) is 9.73 Å². The molecule has 2 N–H and O–H groups in total. The molecule has 8 heteroatoms. The number of nitrogens with one attached hydrogen (secondary N) is 2. The zero-order valence-corrected chi connectivity index (χ0v) is 17.4. The molecule has 1 aromatic heterocycles. The highest BCUT2D eigenvalue weighted by molar-refractivity contribution is 7.98. The van der Waals surface area contributed by atoms with Crippen LogP contribution >= 0.6 is 11.8 Å². The zero-order chi connectivity index (χ0) is 18.7. The lowest BCUT2D eigenvalue weighted by molar-refractivity contribution is -0.106. The minimum absolute atomic E-state index is 0.129. The number of guanidine groups is 1. The summed E-state index contributed by atoms with van der Waals surface area (Å²) in [6.07, 6.45) is 4.77. The van der Waals surface area contributed by atoms with Crippen LogP contribution in [-0.2, 0) is 18.3 Å². The molecule has 7 nitrogen and oxygen atoms in total. The van der Waals surface area contributed by atoms with E-state index in [1.165, 1.54) is 0 Å². The minimum Gasteiger partial charge on any atom is -0.377 e. The van der Waals surface area contributed by atoms with Gasteiger partial charge in [-0.2, -0.15) is 11.8 Å². The Kier molecular flexibility index (Phi) is 6.12. The van der Waals surface area contributed by atoms with Gasteiger partial charge < -0.3 is 19.9 Å². The Morgan fingerprint density at radius 3 is 2.92 bits per heavy atom. The molecule has 2 aliphatic rings. The highest BCUT2D eigenvalue weighted by Gasteiger charge is 2.59. The first-order valence-corrected chi connectivity index (χ1v) is 10.8. The number of fused-ring (bicyclic) bond motifs is 1. The maximum atomic E-state index is 5.92. The lowest BCUT2D eigenvalue weighted by atomic mass is 9.57. The van der Waals surface area contributed by atoms with Gasteiger partial charge in [-0.1, -0.05) is 13.8 Å². The van der Waals surface area contributed by atoms with Crippen LogP contribution in [0.3, 0.4) is 0 Å². The lowest BCUT2D eigenvalue weighted by Gasteiger charge is -2.54. The summed E-state index contributed by atoms with van der Waals surface area (Å²) in [6, 6.07) is 0.392. The van der Waals surface area contributed by atoms with Crippen LogP contribution in [0.25, 0.3) is 0 Å². The first kappa shape index (κ1) is 19.5. The van der Waals surface area contributed by atoms with Crippen molar-refractivity contribution in [3.05, 3.63) is 11.6 Å². The van der Waals surface area contributed by atoms with Gasteiger partial charge in [-0.25, -0.2) is 4.99 Å². The second-order valence-corrected chi connectivity index (χ2v) is 8.83. The molecule has 3 rings (SSSR count). The van der Waals surface area contributed by atoms with Gasteiger partial charge in [-0.3, -0.25) is 0 Å². The summed E-state index contributed by atoms with van der Waals surface area (Å²) in [5.74, 6) is 4.39. The molecule has 3 atom stereocenters. The second kappa shape index (κ2) is 8.17.